The molecule has 0 radical (unpaired) electrons. The lowest BCUT2D eigenvalue weighted by molar-refractivity contribution is -0.140. The molecule has 0 aromatic carbocycles. The van der Waals surface area contributed by atoms with Crippen LogP contribution in [0.5, 0.6) is 0 Å². The van der Waals surface area contributed by atoms with Crippen molar-refractivity contribution >= 4 is 27.5 Å². The van der Waals surface area contributed by atoms with Crippen molar-refractivity contribution in [1.82, 2.24) is 24.9 Å². The molecule has 0 bridgehead atoms. The number of fused-ring (bicyclic) bond motifs is 1. The van der Waals surface area contributed by atoms with Gasteiger partial charge in [0.25, 0.3) is 5.91 Å². The first-order valence-electron chi connectivity index (χ1n) is 7.97. The summed E-state index contributed by atoms with van der Waals surface area (Å²) in [7, 11) is 1.43. The van der Waals surface area contributed by atoms with Crippen LogP contribution in [0.3, 0.4) is 0 Å². The third-order valence-corrected chi connectivity index (χ3v) is 5.23. The SMILES string of the molecule is Cc1ccnn1C[C@H](C)CNC(=O)c1cc2c(C(F)(F)F)nn(C)c2s1. The van der Waals surface area contributed by atoms with Crippen LogP contribution in [0.2, 0.25) is 0 Å². The van der Waals surface area contributed by atoms with Crippen molar-refractivity contribution in [2.45, 2.75) is 26.6 Å². The van der Waals surface area contributed by atoms with E-state index in [1.165, 1.54) is 13.1 Å². The van der Waals surface area contributed by atoms with Gasteiger partial charge in [0.05, 0.1) is 4.88 Å². The topological polar surface area (TPSA) is 64.7 Å². The van der Waals surface area contributed by atoms with E-state index in [0.29, 0.717) is 17.9 Å². The largest absolute Gasteiger partial charge is 0.435 e. The van der Waals surface area contributed by atoms with E-state index in [2.05, 4.69) is 15.5 Å². The second-order valence-electron chi connectivity index (χ2n) is 6.27. The zero-order valence-corrected chi connectivity index (χ0v) is 15.3. The Bertz CT molecular complexity index is 940. The second-order valence-corrected chi connectivity index (χ2v) is 7.30. The summed E-state index contributed by atoms with van der Waals surface area (Å²) in [4.78, 5) is 12.9. The Kier molecular flexibility index (Phi) is 4.78. The standard InChI is InChI=1S/C16H18F3N5OS/c1-9(8-24-10(2)4-5-21-24)7-20-14(25)12-6-11-13(16(17,18)19)22-23(3)15(11)26-12/h4-6,9H,7-8H2,1-3H3,(H,20,25)/t9-/m1/s1. The van der Waals surface area contributed by atoms with E-state index in [1.807, 2.05) is 24.6 Å². The quantitative estimate of drug-likeness (QED) is 0.733. The fourth-order valence-electron chi connectivity index (χ4n) is 2.67. The molecule has 0 fully saturated rings. The van der Waals surface area contributed by atoms with Crippen LogP contribution in [0.25, 0.3) is 10.2 Å². The van der Waals surface area contributed by atoms with E-state index in [1.54, 1.807) is 6.20 Å². The van der Waals surface area contributed by atoms with E-state index in [-0.39, 0.29) is 22.1 Å². The summed E-state index contributed by atoms with van der Waals surface area (Å²) in [6.45, 7) is 4.96. The number of nitrogens with one attached hydrogen (secondary N) is 1. The van der Waals surface area contributed by atoms with Gasteiger partial charge in [-0.05, 0) is 25.0 Å². The number of carbonyl (C=O) groups excluding carboxylic acids is 1. The van der Waals surface area contributed by atoms with Crippen molar-refractivity contribution in [3.05, 3.63) is 34.6 Å². The Morgan fingerprint density at radius 2 is 2.15 bits per heavy atom. The van der Waals surface area contributed by atoms with Gasteiger partial charge in [-0.3, -0.25) is 14.2 Å². The van der Waals surface area contributed by atoms with E-state index in [4.69, 9.17) is 0 Å². The minimum atomic E-state index is -4.55. The maximum atomic E-state index is 13.0. The van der Waals surface area contributed by atoms with Gasteiger partial charge < -0.3 is 5.32 Å². The van der Waals surface area contributed by atoms with E-state index < -0.39 is 11.9 Å². The molecule has 1 amide bonds. The van der Waals surface area contributed by atoms with Gasteiger partial charge >= 0.3 is 6.18 Å². The van der Waals surface area contributed by atoms with Crippen molar-refractivity contribution in [3.63, 3.8) is 0 Å². The van der Waals surface area contributed by atoms with Crippen molar-refractivity contribution in [3.8, 4) is 0 Å². The van der Waals surface area contributed by atoms with Gasteiger partial charge in [0, 0.05) is 37.4 Å². The third-order valence-electron chi connectivity index (χ3n) is 4.03. The Hall–Kier alpha value is -2.36. The summed E-state index contributed by atoms with van der Waals surface area (Å²) in [6, 6.07) is 3.16. The summed E-state index contributed by atoms with van der Waals surface area (Å²) >= 11 is 0.999. The number of hydrogen-bond acceptors (Lipinski definition) is 4. The number of aryl methyl sites for hydroxylation is 2. The van der Waals surface area contributed by atoms with Crippen molar-refractivity contribution in [2.75, 3.05) is 6.54 Å². The fourth-order valence-corrected chi connectivity index (χ4v) is 3.65. The average Bonchev–Trinajstić information content (AvgIpc) is 3.22. The minimum absolute atomic E-state index is 0.0460. The maximum Gasteiger partial charge on any atom is 0.435 e. The molecule has 0 aliphatic heterocycles. The molecule has 140 valence electrons. The number of aromatic nitrogens is 4. The lowest BCUT2D eigenvalue weighted by atomic mass is 10.2. The molecule has 1 N–H and O–H groups in total. The number of thiophene rings is 1. The number of carbonyl (C=O) groups is 1. The van der Waals surface area contributed by atoms with Gasteiger partial charge in [-0.2, -0.15) is 23.4 Å². The third kappa shape index (κ3) is 3.59. The number of alkyl halides is 3. The highest BCUT2D eigenvalue weighted by Crippen LogP contribution is 2.37. The van der Waals surface area contributed by atoms with Gasteiger partial charge in [0.2, 0.25) is 0 Å². The molecule has 0 aliphatic carbocycles. The normalized spacial score (nSPS) is 13.3. The average molecular weight is 385 g/mol. The Morgan fingerprint density at radius 1 is 1.42 bits per heavy atom. The molecule has 10 heteroatoms. The van der Waals surface area contributed by atoms with Crippen LogP contribution in [0.15, 0.2) is 18.3 Å². The number of amides is 1. The van der Waals surface area contributed by atoms with Gasteiger partial charge in [0.1, 0.15) is 4.83 Å². The number of nitrogens with zero attached hydrogens (tertiary/aromatic N) is 4. The number of rotatable bonds is 5. The van der Waals surface area contributed by atoms with Crippen LogP contribution in [0.4, 0.5) is 13.2 Å². The molecular weight excluding hydrogens is 367 g/mol. The van der Waals surface area contributed by atoms with Crippen LogP contribution in [0, 0.1) is 12.8 Å². The first kappa shape index (κ1) is 18.4. The lowest BCUT2D eigenvalue weighted by Gasteiger charge is -2.13. The van der Waals surface area contributed by atoms with Crippen LogP contribution in [-0.2, 0) is 19.8 Å². The summed E-state index contributed by atoms with van der Waals surface area (Å²) in [5.41, 5.74) is 0.0627. The zero-order valence-electron chi connectivity index (χ0n) is 14.5. The molecule has 6 nitrogen and oxygen atoms in total. The van der Waals surface area contributed by atoms with E-state index >= 15 is 0 Å². The van der Waals surface area contributed by atoms with Crippen LogP contribution >= 0.6 is 11.3 Å². The van der Waals surface area contributed by atoms with Gasteiger partial charge in [-0.1, -0.05) is 6.92 Å². The molecule has 3 heterocycles. The molecule has 1 atom stereocenters. The highest BCUT2D eigenvalue weighted by Gasteiger charge is 2.37. The van der Waals surface area contributed by atoms with Crippen molar-refractivity contribution in [1.29, 1.82) is 0 Å². The van der Waals surface area contributed by atoms with E-state index in [0.717, 1.165) is 21.7 Å². The summed E-state index contributed by atoms with van der Waals surface area (Å²) in [6.07, 6.45) is -2.84. The smallest absolute Gasteiger partial charge is 0.351 e. The predicted octanol–water partition coefficient (Wildman–Crippen LogP) is 3.22. The molecule has 0 saturated heterocycles. The highest BCUT2D eigenvalue weighted by molar-refractivity contribution is 7.20. The monoisotopic (exact) mass is 385 g/mol. The van der Waals surface area contributed by atoms with Gasteiger partial charge in [0.15, 0.2) is 5.69 Å². The Morgan fingerprint density at radius 3 is 2.77 bits per heavy atom. The summed E-state index contributed by atoms with van der Waals surface area (Å²) < 4.78 is 42.1. The predicted molar refractivity (Wildman–Crippen MR) is 92.1 cm³/mol. The first-order chi connectivity index (χ1) is 12.2. The van der Waals surface area contributed by atoms with Crippen LogP contribution in [-0.4, -0.2) is 32.0 Å². The zero-order chi connectivity index (χ0) is 19.1. The molecule has 3 aromatic heterocycles. The van der Waals surface area contributed by atoms with Gasteiger partial charge in [-0.25, -0.2) is 0 Å². The number of hydrogen-bond donors (Lipinski definition) is 1. The van der Waals surface area contributed by atoms with Crippen molar-refractivity contribution in [2.24, 2.45) is 13.0 Å². The minimum Gasteiger partial charge on any atom is -0.351 e. The lowest BCUT2D eigenvalue weighted by Crippen LogP contribution is -2.29. The Labute approximate surface area is 151 Å². The van der Waals surface area contributed by atoms with Crippen LogP contribution in [0.1, 0.15) is 28.0 Å². The fraction of sp³-hybridized carbons (Fsp3) is 0.438. The summed E-state index contributed by atoms with van der Waals surface area (Å²) in [5.74, 6) is -0.261. The molecule has 26 heavy (non-hydrogen) atoms. The maximum absolute atomic E-state index is 13.0. The summed E-state index contributed by atoms with van der Waals surface area (Å²) in [5, 5.41) is 10.4. The van der Waals surface area contributed by atoms with E-state index in [9.17, 15) is 18.0 Å². The van der Waals surface area contributed by atoms with Crippen LogP contribution < -0.4 is 5.32 Å². The van der Waals surface area contributed by atoms with Gasteiger partial charge in [-0.15, -0.1) is 11.3 Å². The molecule has 0 spiro atoms. The number of halogens is 3. The first-order valence-corrected chi connectivity index (χ1v) is 8.79. The molecule has 3 rings (SSSR count). The second kappa shape index (κ2) is 6.75. The molecule has 0 unspecified atom stereocenters. The molecule has 3 aromatic rings. The van der Waals surface area contributed by atoms with Crippen molar-refractivity contribution < 1.29 is 18.0 Å². The Balaban J connectivity index is 1.69. The highest BCUT2D eigenvalue weighted by atomic mass is 32.1. The molecule has 0 saturated carbocycles. The molecule has 0 aliphatic rings. The molecular formula is C16H18F3N5OS.